The average molecular weight is 283 g/mol. The molecule has 0 aliphatic heterocycles. The molecule has 0 spiro atoms. The van der Waals surface area contributed by atoms with Crippen LogP contribution in [0.25, 0.3) is 11.0 Å². The SMILES string of the molecule is Cc1nc2ccccc2nc1CCc1ccc(Cl)cc1. The van der Waals surface area contributed by atoms with Gasteiger partial charge >= 0.3 is 0 Å². The number of aromatic nitrogens is 2. The van der Waals surface area contributed by atoms with Crippen LogP contribution in [0.1, 0.15) is 17.0 Å². The number of rotatable bonds is 3. The third-order valence-electron chi connectivity index (χ3n) is 3.41. The monoisotopic (exact) mass is 282 g/mol. The second kappa shape index (κ2) is 5.59. The van der Waals surface area contributed by atoms with E-state index in [0.29, 0.717) is 0 Å². The van der Waals surface area contributed by atoms with Gasteiger partial charge < -0.3 is 0 Å². The van der Waals surface area contributed by atoms with Crippen molar-refractivity contribution in [1.29, 1.82) is 0 Å². The minimum Gasteiger partial charge on any atom is -0.250 e. The van der Waals surface area contributed by atoms with Gasteiger partial charge in [0.25, 0.3) is 0 Å². The van der Waals surface area contributed by atoms with Crippen molar-refractivity contribution >= 4 is 22.6 Å². The van der Waals surface area contributed by atoms with Crippen molar-refractivity contribution < 1.29 is 0 Å². The lowest BCUT2D eigenvalue weighted by Crippen LogP contribution is -2.01. The average Bonchev–Trinajstić information content (AvgIpc) is 2.47. The molecule has 2 aromatic carbocycles. The Morgan fingerprint density at radius 1 is 0.850 bits per heavy atom. The van der Waals surface area contributed by atoms with Crippen molar-refractivity contribution in [2.45, 2.75) is 19.8 Å². The van der Waals surface area contributed by atoms with E-state index in [-0.39, 0.29) is 0 Å². The minimum absolute atomic E-state index is 0.774. The highest BCUT2D eigenvalue weighted by Gasteiger charge is 2.05. The molecule has 0 saturated heterocycles. The van der Waals surface area contributed by atoms with E-state index in [0.717, 1.165) is 40.3 Å². The number of para-hydroxylation sites is 2. The predicted molar refractivity (Wildman–Crippen MR) is 83.1 cm³/mol. The number of halogens is 1. The first-order chi connectivity index (χ1) is 9.72. The van der Waals surface area contributed by atoms with E-state index in [4.69, 9.17) is 16.6 Å². The number of benzene rings is 2. The van der Waals surface area contributed by atoms with Crippen LogP contribution in [0.3, 0.4) is 0 Å². The first-order valence-electron chi connectivity index (χ1n) is 6.69. The molecule has 3 rings (SSSR count). The summed E-state index contributed by atoms with van der Waals surface area (Å²) in [4.78, 5) is 9.34. The summed E-state index contributed by atoms with van der Waals surface area (Å²) in [5.41, 5.74) is 5.27. The van der Waals surface area contributed by atoms with Gasteiger partial charge in [-0.1, -0.05) is 35.9 Å². The van der Waals surface area contributed by atoms with Crippen LogP contribution in [0.15, 0.2) is 48.5 Å². The Bertz CT molecular complexity index is 736. The van der Waals surface area contributed by atoms with E-state index in [9.17, 15) is 0 Å². The summed E-state index contributed by atoms with van der Waals surface area (Å²) >= 11 is 5.90. The second-order valence-corrected chi connectivity index (χ2v) is 5.31. The van der Waals surface area contributed by atoms with Crippen LogP contribution >= 0.6 is 11.6 Å². The standard InChI is InChI=1S/C17H15ClN2/c1-12-15(11-8-13-6-9-14(18)10-7-13)20-17-5-3-2-4-16(17)19-12/h2-7,9-10H,8,11H2,1H3. The highest BCUT2D eigenvalue weighted by Crippen LogP contribution is 2.15. The van der Waals surface area contributed by atoms with E-state index in [1.807, 2.05) is 43.3 Å². The Kier molecular flexibility index (Phi) is 3.66. The van der Waals surface area contributed by atoms with Crippen molar-refractivity contribution in [3.8, 4) is 0 Å². The second-order valence-electron chi connectivity index (χ2n) is 4.87. The Balaban J connectivity index is 1.83. The predicted octanol–water partition coefficient (Wildman–Crippen LogP) is 4.38. The van der Waals surface area contributed by atoms with Crippen molar-refractivity contribution in [2.75, 3.05) is 0 Å². The van der Waals surface area contributed by atoms with Crippen LogP contribution in [0.4, 0.5) is 0 Å². The molecule has 100 valence electrons. The first kappa shape index (κ1) is 13.1. The van der Waals surface area contributed by atoms with E-state index in [1.165, 1.54) is 5.56 Å². The molecule has 0 amide bonds. The highest BCUT2D eigenvalue weighted by molar-refractivity contribution is 6.30. The molecule has 0 aliphatic carbocycles. The Labute approximate surface area is 123 Å². The van der Waals surface area contributed by atoms with Gasteiger partial charge in [-0.2, -0.15) is 0 Å². The quantitative estimate of drug-likeness (QED) is 0.712. The Morgan fingerprint density at radius 3 is 2.20 bits per heavy atom. The van der Waals surface area contributed by atoms with Gasteiger partial charge in [-0.05, 0) is 49.6 Å². The fraction of sp³-hybridized carbons (Fsp3) is 0.176. The van der Waals surface area contributed by atoms with Gasteiger partial charge in [-0.15, -0.1) is 0 Å². The molecule has 0 fully saturated rings. The summed E-state index contributed by atoms with van der Waals surface area (Å²) in [5, 5.41) is 0.774. The fourth-order valence-electron chi connectivity index (χ4n) is 2.28. The van der Waals surface area contributed by atoms with Gasteiger partial charge in [0.05, 0.1) is 22.4 Å². The van der Waals surface area contributed by atoms with Gasteiger partial charge in [-0.3, -0.25) is 0 Å². The smallest absolute Gasteiger partial charge is 0.0890 e. The lowest BCUT2D eigenvalue weighted by atomic mass is 10.1. The molecule has 1 heterocycles. The van der Waals surface area contributed by atoms with Crippen molar-refractivity contribution in [2.24, 2.45) is 0 Å². The molecule has 0 atom stereocenters. The topological polar surface area (TPSA) is 25.8 Å². The molecule has 1 aromatic heterocycles. The third kappa shape index (κ3) is 2.81. The summed E-state index contributed by atoms with van der Waals surface area (Å²) < 4.78 is 0. The van der Waals surface area contributed by atoms with E-state index in [1.54, 1.807) is 0 Å². The van der Waals surface area contributed by atoms with Crippen LogP contribution < -0.4 is 0 Å². The molecule has 20 heavy (non-hydrogen) atoms. The van der Waals surface area contributed by atoms with Crippen LogP contribution in [-0.2, 0) is 12.8 Å². The number of aryl methyl sites for hydroxylation is 3. The number of nitrogens with zero attached hydrogens (tertiary/aromatic N) is 2. The third-order valence-corrected chi connectivity index (χ3v) is 3.66. The summed E-state index contributed by atoms with van der Waals surface area (Å²) in [6, 6.07) is 16.0. The van der Waals surface area contributed by atoms with Crippen molar-refractivity contribution in [3.63, 3.8) is 0 Å². The lowest BCUT2D eigenvalue weighted by molar-refractivity contribution is 0.893. The molecule has 0 unspecified atom stereocenters. The van der Waals surface area contributed by atoms with E-state index in [2.05, 4.69) is 17.1 Å². The molecule has 0 N–H and O–H groups in total. The zero-order valence-electron chi connectivity index (χ0n) is 11.3. The Hall–Kier alpha value is -1.93. The van der Waals surface area contributed by atoms with Crippen LogP contribution in [-0.4, -0.2) is 9.97 Å². The van der Waals surface area contributed by atoms with Crippen molar-refractivity contribution in [3.05, 3.63) is 70.5 Å². The fourth-order valence-corrected chi connectivity index (χ4v) is 2.40. The summed E-state index contributed by atoms with van der Waals surface area (Å²) in [6.45, 7) is 2.02. The normalized spacial score (nSPS) is 10.9. The van der Waals surface area contributed by atoms with Crippen LogP contribution in [0, 0.1) is 6.92 Å². The molecule has 3 heteroatoms. The zero-order valence-corrected chi connectivity index (χ0v) is 12.1. The maximum absolute atomic E-state index is 5.90. The molecular formula is C17H15ClN2. The number of fused-ring (bicyclic) bond motifs is 1. The van der Waals surface area contributed by atoms with Gasteiger partial charge in [-0.25, -0.2) is 9.97 Å². The largest absolute Gasteiger partial charge is 0.250 e. The lowest BCUT2D eigenvalue weighted by Gasteiger charge is -2.07. The first-order valence-corrected chi connectivity index (χ1v) is 7.07. The van der Waals surface area contributed by atoms with Gasteiger partial charge in [0, 0.05) is 5.02 Å². The maximum atomic E-state index is 5.90. The van der Waals surface area contributed by atoms with Gasteiger partial charge in [0.15, 0.2) is 0 Å². The summed E-state index contributed by atoms with van der Waals surface area (Å²) in [5.74, 6) is 0. The molecule has 0 bridgehead atoms. The van der Waals surface area contributed by atoms with E-state index >= 15 is 0 Å². The zero-order chi connectivity index (χ0) is 13.9. The Morgan fingerprint density at radius 2 is 1.50 bits per heavy atom. The number of hydrogen-bond acceptors (Lipinski definition) is 2. The molecule has 0 aliphatic rings. The van der Waals surface area contributed by atoms with E-state index < -0.39 is 0 Å². The van der Waals surface area contributed by atoms with Crippen molar-refractivity contribution in [1.82, 2.24) is 9.97 Å². The maximum Gasteiger partial charge on any atom is 0.0890 e. The summed E-state index contributed by atoms with van der Waals surface area (Å²) in [6.07, 6.45) is 1.84. The van der Waals surface area contributed by atoms with Gasteiger partial charge in [0.2, 0.25) is 0 Å². The molecule has 3 aromatic rings. The molecular weight excluding hydrogens is 268 g/mol. The molecule has 0 radical (unpaired) electrons. The summed E-state index contributed by atoms with van der Waals surface area (Å²) in [7, 11) is 0. The molecule has 0 saturated carbocycles. The number of hydrogen-bond donors (Lipinski definition) is 0. The minimum atomic E-state index is 0.774. The highest BCUT2D eigenvalue weighted by atomic mass is 35.5. The molecule has 2 nitrogen and oxygen atoms in total. The van der Waals surface area contributed by atoms with Crippen LogP contribution in [0.2, 0.25) is 5.02 Å². The van der Waals surface area contributed by atoms with Crippen LogP contribution in [0.5, 0.6) is 0 Å². The van der Waals surface area contributed by atoms with Gasteiger partial charge in [0.1, 0.15) is 0 Å².